The number of hydrogen-bond donors (Lipinski definition) is 0. The van der Waals surface area contributed by atoms with E-state index in [2.05, 4.69) is 24.3 Å². The second-order valence-corrected chi connectivity index (χ2v) is 10.7. The van der Waals surface area contributed by atoms with Gasteiger partial charge in [-0.1, -0.05) is 36.4 Å². The molecule has 2 saturated carbocycles. The summed E-state index contributed by atoms with van der Waals surface area (Å²) in [6.45, 7) is 2.04. The van der Waals surface area contributed by atoms with Crippen LogP contribution in [-0.4, -0.2) is 6.11 Å². The van der Waals surface area contributed by atoms with E-state index >= 15 is 0 Å². The molecule has 0 N–H and O–H groups in total. The largest absolute Gasteiger partial charge is 0.432 e. The van der Waals surface area contributed by atoms with Crippen LogP contribution in [0.25, 0.3) is 11.1 Å². The van der Waals surface area contributed by atoms with Crippen LogP contribution in [0.4, 0.5) is 30.7 Å². The van der Waals surface area contributed by atoms with Gasteiger partial charge in [0, 0.05) is 12.1 Å². The molecule has 0 saturated heterocycles. The first-order valence-electron chi connectivity index (χ1n) is 13.5. The Morgan fingerprint density at radius 3 is 1.62 bits per heavy atom. The molecule has 8 heteroatoms. The molecule has 2 aliphatic rings. The molecule has 0 aromatic heterocycles. The molecule has 0 unspecified atom stereocenters. The summed E-state index contributed by atoms with van der Waals surface area (Å²) in [6, 6.07) is 4.55. The lowest BCUT2D eigenvalue weighted by Gasteiger charge is -2.32. The molecule has 0 heterocycles. The summed E-state index contributed by atoms with van der Waals surface area (Å²) in [5.74, 6) is -2.74. The van der Waals surface area contributed by atoms with Crippen LogP contribution in [0, 0.1) is 35.3 Å². The summed E-state index contributed by atoms with van der Waals surface area (Å²) in [7, 11) is 0. The summed E-state index contributed by atoms with van der Waals surface area (Å²) >= 11 is 0. The number of benzene rings is 2. The zero-order chi connectivity index (χ0) is 28.2. The zero-order valence-electron chi connectivity index (χ0n) is 21.8. The fraction of sp³-hybridized carbons (Fsp3) is 0.484. The number of ether oxygens (including phenoxy) is 1. The quantitative estimate of drug-likeness (QED) is 0.244. The fourth-order valence-electron chi connectivity index (χ4n) is 5.71. The molecule has 0 aliphatic heterocycles. The third-order valence-corrected chi connectivity index (χ3v) is 7.95. The van der Waals surface area contributed by atoms with Gasteiger partial charge in [0.25, 0.3) is 0 Å². The highest BCUT2D eigenvalue weighted by Gasteiger charge is 2.44. The van der Waals surface area contributed by atoms with Gasteiger partial charge < -0.3 is 4.74 Å². The third kappa shape index (κ3) is 7.46. The van der Waals surface area contributed by atoms with E-state index < -0.39 is 46.7 Å². The highest BCUT2D eigenvalue weighted by molar-refractivity contribution is 5.66. The molecule has 2 aromatic carbocycles. The molecule has 2 aromatic rings. The Morgan fingerprint density at radius 1 is 0.692 bits per heavy atom. The minimum absolute atomic E-state index is 0.145. The van der Waals surface area contributed by atoms with Crippen molar-refractivity contribution in [2.75, 3.05) is 0 Å². The van der Waals surface area contributed by atoms with Gasteiger partial charge in [-0.3, -0.25) is 0 Å². The van der Waals surface area contributed by atoms with E-state index in [0.29, 0.717) is 48.9 Å². The van der Waals surface area contributed by atoms with Crippen LogP contribution in [0.5, 0.6) is 5.75 Å². The Labute approximate surface area is 224 Å². The molecular formula is C31H33F7O. The lowest BCUT2D eigenvalue weighted by atomic mass is 9.78. The van der Waals surface area contributed by atoms with Crippen LogP contribution < -0.4 is 4.74 Å². The van der Waals surface area contributed by atoms with Crippen LogP contribution in [0.2, 0.25) is 0 Å². The Bertz CT molecular complexity index is 1130. The van der Waals surface area contributed by atoms with Crippen molar-refractivity contribution in [3.05, 3.63) is 77.9 Å². The number of halogens is 7. The molecule has 0 bridgehead atoms. The standard InChI is InChI=1S/C31H33F7O/c1-2-3-20-4-6-21(7-5-20)8-9-22-10-14-25(15-11-22)31(37,38)39-26-18-27(32)29(28(33)19-26)23-12-16-24(17-13-23)30(34,35)36/h2-3,8-9,12-13,16-22,25H,4-7,10-11,14-15H2,1H3/b3-2+,9-8+. The summed E-state index contributed by atoms with van der Waals surface area (Å²) in [5.41, 5.74) is -1.72. The van der Waals surface area contributed by atoms with Gasteiger partial charge in [-0.25, -0.2) is 8.78 Å². The Hall–Kier alpha value is -2.77. The van der Waals surface area contributed by atoms with Gasteiger partial charge in [0.15, 0.2) is 0 Å². The molecule has 212 valence electrons. The van der Waals surface area contributed by atoms with E-state index in [1.54, 1.807) is 0 Å². The molecule has 0 amide bonds. The number of rotatable bonds is 7. The smallest absolute Gasteiger partial charge is 0.416 e. The maximum absolute atomic E-state index is 14.9. The third-order valence-electron chi connectivity index (χ3n) is 7.95. The summed E-state index contributed by atoms with van der Waals surface area (Å²) in [5, 5.41) is 0. The van der Waals surface area contributed by atoms with E-state index in [4.69, 9.17) is 4.74 Å². The van der Waals surface area contributed by atoms with Crippen molar-refractivity contribution >= 4 is 0 Å². The van der Waals surface area contributed by atoms with Crippen molar-refractivity contribution in [1.82, 2.24) is 0 Å². The van der Waals surface area contributed by atoms with Crippen LogP contribution >= 0.6 is 0 Å². The Kier molecular flexibility index (Phi) is 9.12. The van der Waals surface area contributed by atoms with Gasteiger partial charge in [0.05, 0.1) is 17.0 Å². The lowest BCUT2D eigenvalue weighted by molar-refractivity contribution is -0.223. The summed E-state index contributed by atoms with van der Waals surface area (Å²) < 4.78 is 102. The Morgan fingerprint density at radius 2 is 1.15 bits per heavy atom. The van der Waals surface area contributed by atoms with Gasteiger partial charge in [-0.15, -0.1) is 0 Å². The minimum Gasteiger partial charge on any atom is -0.432 e. The highest BCUT2D eigenvalue weighted by Crippen LogP contribution is 2.42. The summed E-state index contributed by atoms with van der Waals surface area (Å²) in [6.07, 6.45) is 6.80. The van der Waals surface area contributed by atoms with Crippen molar-refractivity contribution in [2.45, 2.75) is 70.6 Å². The lowest BCUT2D eigenvalue weighted by Crippen LogP contribution is -2.37. The van der Waals surface area contributed by atoms with Crippen LogP contribution in [0.3, 0.4) is 0 Å². The van der Waals surface area contributed by atoms with Crippen molar-refractivity contribution in [1.29, 1.82) is 0 Å². The number of alkyl halides is 5. The maximum Gasteiger partial charge on any atom is 0.416 e. The van der Waals surface area contributed by atoms with Crippen molar-refractivity contribution in [3.63, 3.8) is 0 Å². The van der Waals surface area contributed by atoms with Crippen LogP contribution in [0.15, 0.2) is 60.7 Å². The van der Waals surface area contributed by atoms with Gasteiger partial charge in [0.1, 0.15) is 17.4 Å². The predicted molar refractivity (Wildman–Crippen MR) is 137 cm³/mol. The van der Waals surface area contributed by atoms with Crippen molar-refractivity contribution in [2.24, 2.45) is 23.7 Å². The minimum atomic E-state index is -4.60. The first-order chi connectivity index (χ1) is 18.5. The van der Waals surface area contributed by atoms with Gasteiger partial charge in [-0.05, 0) is 93.7 Å². The Balaban J connectivity index is 1.33. The molecule has 0 atom stereocenters. The molecule has 39 heavy (non-hydrogen) atoms. The maximum atomic E-state index is 14.9. The monoisotopic (exact) mass is 554 g/mol. The predicted octanol–water partition coefficient (Wildman–Crippen LogP) is 10.4. The van der Waals surface area contributed by atoms with Gasteiger partial charge in [-0.2, -0.15) is 22.0 Å². The average Bonchev–Trinajstić information content (AvgIpc) is 2.88. The van der Waals surface area contributed by atoms with E-state index in [1.165, 1.54) is 12.8 Å². The zero-order valence-corrected chi connectivity index (χ0v) is 21.8. The molecule has 2 fully saturated rings. The second kappa shape index (κ2) is 12.2. The summed E-state index contributed by atoms with van der Waals surface area (Å²) in [4.78, 5) is 0. The topological polar surface area (TPSA) is 9.23 Å². The normalized spacial score (nSPS) is 24.9. The second-order valence-electron chi connectivity index (χ2n) is 10.7. The molecule has 1 nitrogen and oxygen atoms in total. The van der Waals surface area contributed by atoms with E-state index in [1.807, 2.05) is 6.92 Å². The molecular weight excluding hydrogens is 521 g/mol. The van der Waals surface area contributed by atoms with E-state index in [-0.39, 0.29) is 24.3 Å². The van der Waals surface area contributed by atoms with E-state index in [9.17, 15) is 30.7 Å². The number of hydrogen-bond acceptors (Lipinski definition) is 1. The SMILES string of the molecule is C/C=C/C1CCC(/C=C/C2CCC(C(F)(F)Oc3cc(F)c(-c4ccc(C(F)(F)F)cc4)c(F)c3)CC2)CC1. The van der Waals surface area contributed by atoms with Crippen LogP contribution in [-0.2, 0) is 6.18 Å². The molecule has 4 rings (SSSR count). The average molecular weight is 555 g/mol. The first-order valence-corrected chi connectivity index (χ1v) is 13.5. The van der Waals surface area contributed by atoms with Crippen molar-refractivity contribution < 1.29 is 35.5 Å². The van der Waals surface area contributed by atoms with Crippen molar-refractivity contribution in [3.8, 4) is 16.9 Å². The molecule has 0 spiro atoms. The van der Waals surface area contributed by atoms with Gasteiger partial charge in [0.2, 0.25) is 0 Å². The van der Waals surface area contributed by atoms with E-state index in [0.717, 1.165) is 25.0 Å². The van der Waals surface area contributed by atoms with Crippen LogP contribution in [0.1, 0.15) is 63.9 Å². The number of allylic oxidation sites excluding steroid dienone is 4. The molecule has 2 aliphatic carbocycles. The highest BCUT2D eigenvalue weighted by atomic mass is 19.4. The first kappa shape index (κ1) is 29.2. The molecule has 0 radical (unpaired) electrons. The van der Waals surface area contributed by atoms with Gasteiger partial charge >= 0.3 is 12.3 Å². The fourth-order valence-corrected chi connectivity index (χ4v) is 5.71.